The van der Waals surface area contributed by atoms with Gasteiger partial charge in [-0.1, -0.05) is 27.5 Å². The van der Waals surface area contributed by atoms with Crippen molar-refractivity contribution in [2.24, 2.45) is 5.10 Å². The second-order valence-corrected chi connectivity index (χ2v) is 5.12. The van der Waals surface area contributed by atoms with Crippen LogP contribution in [0.2, 0.25) is 5.02 Å². The third-order valence-electron chi connectivity index (χ3n) is 2.43. The van der Waals surface area contributed by atoms with E-state index in [1.54, 1.807) is 25.5 Å². The minimum Gasteiger partial charge on any atom is -0.496 e. The SMILES string of the molecule is COc1ccc(Br)cc1/C=N/Nc1ccc(Cl)cc1. The maximum Gasteiger partial charge on any atom is 0.127 e. The average molecular weight is 340 g/mol. The average Bonchev–Trinajstić information content (AvgIpc) is 2.41. The molecule has 0 aliphatic carbocycles. The number of rotatable bonds is 4. The normalized spacial score (nSPS) is 10.7. The van der Waals surface area contributed by atoms with Crippen molar-refractivity contribution in [2.75, 3.05) is 12.5 Å². The van der Waals surface area contributed by atoms with Crippen molar-refractivity contribution in [2.45, 2.75) is 0 Å². The molecule has 0 bridgehead atoms. The van der Waals surface area contributed by atoms with E-state index in [-0.39, 0.29) is 0 Å². The zero-order valence-corrected chi connectivity index (χ0v) is 12.6. The fourth-order valence-electron chi connectivity index (χ4n) is 1.51. The van der Waals surface area contributed by atoms with Crippen LogP contribution in [0.4, 0.5) is 5.69 Å². The summed E-state index contributed by atoms with van der Waals surface area (Å²) in [5, 5.41) is 4.87. The molecule has 0 radical (unpaired) electrons. The molecule has 98 valence electrons. The number of benzene rings is 2. The summed E-state index contributed by atoms with van der Waals surface area (Å²) in [4.78, 5) is 0. The zero-order valence-electron chi connectivity index (χ0n) is 10.2. The van der Waals surface area contributed by atoms with Crippen molar-refractivity contribution >= 4 is 39.4 Å². The summed E-state index contributed by atoms with van der Waals surface area (Å²) in [5.74, 6) is 0.768. The summed E-state index contributed by atoms with van der Waals surface area (Å²) >= 11 is 9.23. The second kappa shape index (κ2) is 6.59. The van der Waals surface area contributed by atoms with Crippen molar-refractivity contribution in [3.05, 3.63) is 57.5 Å². The first kappa shape index (κ1) is 13.9. The fourth-order valence-corrected chi connectivity index (χ4v) is 2.01. The lowest BCUT2D eigenvalue weighted by atomic mass is 10.2. The first-order chi connectivity index (χ1) is 9.19. The third kappa shape index (κ3) is 3.98. The Morgan fingerprint density at radius 2 is 1.95 bits per heavy atom. The molecule has 2 aromatic carbocycles. The van der Waals surface area contributed by atoms with Crippen LogP contribution in [0.25, 0.3) is 0 Å². The largest absolute Gasteiger partial charge is 0.496 e. The van der Waals surface area contributed by atoms with Gasteiger partial charge in [-0.05, 0) is 42.5 Å². The van der Waals surface area contributed by atoms with Gasteiger partial charge in [0, 0.05) is 15.1 Å². The Morgan fingerprint density at radius 3 is 2.63 bits per heavy atom. The van der Waals surface area contributed by atoms with Crippen LogP contribution >= 0.6 is 27.5 Å². The van der Waals surface area contributed by atoms with Crippen molar-refractivity contribution in [1.82, 2.24) is 0 Å². The van der Waals surface area contributed by atoms with Gasteiger partial charge in [0.15, 0.2) is 0 Å². The van der Waals surface area contributed by atoms with Gasteiger partial charge in [0.2, 0.25) is 0 Å². The molecule has 0 unspecified atom stereocenters. The van der Waals surface area contributed by atoms with E-state index in [4.69, 9.17) is 16.3 Å². The van der Waals surface area contributed by atoms with E-state index in [2.05, 4.69) is 26.5 Å². The lowest BCUT2D eigenvalue weighted by Crippen LogP contribution is -1.94. The van der Waals surface area contributed by atoms with Crippen LogP contribution in [-0.4, -0.2) is 13.3 Å². The quantitative estimate of drug-likeness (QED) is 0.654. The fraction of sp³-hybridized carbons (Fsp3) is 0.0714. The van der Waals surface area contributed by atoms with Gasteiger partial charge < -0.3 is 4.74 Å². The first-order valence-corrected chi connectivity index (χ1v) is 6.74. The number of nitrogens with one attached hydrogen (secondary N) is 1. The molecule has 0 saturated carbocycles. The van der Waals surface area contributed by atoms with Gasteiger partial charge in [-0.2, -0.15) is 5.10 Å². The molecule has 0 saturated heterocycles. The van der Waals surface area contributed by atoms with Crippen molar-refractivity contribution in [1.29, 1.82) is 0 Å². The maximum absolute atomic E-state index is 5.81. The molecular weight excluding hydrogens is 328 g/mol. The monoisotopic (exact) mass is 338 g/mol. The number of anilines is 1. The van der Waals surface area contributed by atoms with E-state index < -0.39 is 0 Å². The van der Waals surface area contributed by atoms with Crippen LogP contribution in [0.5, 0.6) is 5.75 Å². The molecule has 1 N–H and O–H groups in total. The lowest BCUT2D eigenvalue weighted by Gasteiger charge is -2.05. The Labute approximate surface area is 125 Å². The minimum atomic E-state index is 0.697. The highest BCUT2D eigenvalue weighted by atomic mass is 79.9. The van der Waals surface area contributed by atoms with Crippen LogP contribution in [0.1, 0.15) is 5.56 Å². The van der Waals surface area contributed by atoms with Crippen molar-refractivity contribution < 1.29 is 4.74 Å². The van der Waals surface area contributed by atoms with Gasteiger partial charge >= 0.3 is 0 Å². The Hall–Kier alpha value is -1.52. The van der Waals surface area contributed by atoms with Crippen molar-refractivity contribution in [3.63, 3.8) is 0 Å². The number of nitrogens with zero attached hydrogens (tertiary/aromatic N) is 1. The second-order valence-electron chi connectivity index (χ2n) is 3.76. The molecular formula is C14H12BrClN2O. The molecule has 19 heavy (non-hydrogen) atoms. The number of hydrogen-bond donors (Lipinski definition) is 1. The highest BCUT2D eigenvalue weighted by Gasteiger charge is 2.00. The molecule has 0 aliphatic rings. The summed E-state index contributed by atoms with van der Waals surface area (Å²) in [6.07, 6.45) is 1.71. The minimum absolute atomic E-state index is 0.697. The molecule has 0 aromatic heterocycles. The Bertz CT molecular complexity index is 584. The summed E-state index contributed by atoms with van der Waals surface area (Å²) in [6.45, 7) is 0. The number of ether oxygens (including phenoxy) is 1. The van der Waals surface area contributed by atoms with Crippen LogP contribution in [0, 0.1) is 0 Å². The van der Waals surface area contributed by atoms with E-state index in [9.17, 15) is 0 Å². The third-order valence-corrected chi connectivity index (χ3v) is 3.18. The molecule has 2 aromatic rings. The molecule has 0 spiro atoms. The van der Waals surface area contributed by atoms with Gasteiger partial charge in [0.05, 0.1) is 19.0 Å². The molecule has 5 heteroatoms. The standard InChI is InChI=1S/C14H12BrClN2O/c1-19-14-7-2-11(15)8-10(14)9-17-18-13-5-3-12(16)4-6-13/h2-9,18H,1H3/b17-9+. The number of hydrazone groups is 1. The van der Waals surface area contributed by atoms with Crippen LogP contribution < -0.4 is 10.2 Å². The van der Waals surface area contributed by atoms with E-state index in [1.165, 1.54) is 0 Å². The summed E-state index contributed by atoms with van der Waals surface area (Å²) < 4.78 is 6.23. The molecule has 2 rings (SSSR count). The molecule has 3 nitrogen and oxygen atoms in total. The maximum atomic E-state index is 5.81. The highest BCUT2D eigenvalue weighted by molar-refractivity contribution is 9.10. The van der Waals surface area contributed by atoms with Gasteiger partial charge in [0.1, 0.15) is 5.75 Å². The highest BCUT2D eigenvalue weighted by Crippen LogP contribution is 2.21. The van der Waals surface area contributed by atoms with E-state index in [0.29, 0.717) is 5.02 Å². The summed E-state index contributed by atoms with van der Waals surface area (Å²) in [5.41, 5.74) is 4.69. The predicted molar refractivity (Wildman–Crippen MR) is 83.4 cm³/mol. The Morgan fingerprint density at radius 1 is 1.21 bits per heavy atom. The van der Waals surface area contributed by atoms with Gasteiger partial charge in [-0.15, -0.1) is 0 Å². The number of hydrogen-bond acceptors (Lipinski definition) is 3. The first-order valence-electron chi connectivity index (χ1n) is 5.57. The molecule has 0 fully saturated rings. The van der Waals surface area contributed by atoms with Crippen LogP contribution in [0.15, 0.2) is 52.0 Å². The molecule has 0 aliphatic heterocycles. The molecule has 0 heterocycles. The zero-order chi connectivity index (χ0) is 13.7. The number of methoxy groups -OCH3 is 1. The van der Waals surface area contributed by atoms with Gasteiger partial charge in [0.25, 0.3) is 0 Å². The smallest absolute Gasteiger partial charge is 0.127 e. The van der Waals surface area contributed by atoms with E-state index in [0.717, 1.165) is 21.5 Å². The topological polar surface area (TPSA) is 33.6 Å². The summed E-state index contributed by atoms with van der Waals surface area (Å²) in [6, 6.07) is 13.1. The Kier molecular flexibility index (Phi) is 4.82. The van der Waals surface area contributed by atoms with Crippen LogP contribution in [0.3, 0.4) is 0 Å². The van der Waals surface area contributed by atoms with E-state index >= 15 is 0 Å². The van der Waals surface area contributed by atoms with Gasteiger partial charge in [-0.25, -0.2) is 0 Å². The molecule has 0 atom stereocenters. The Balaban J connectivity index is 2.10. The lowest BCUT2D eigenvalue weighted by molar-refractivity contribution is 0.414. The van der Waals surface area contributed by atoms with Crippen LogP contribution in [-0.2, 0) is 0 Å². The predicted octanol–water partition coefficient (Wildman–Crippen LogP) is 4.56. The molecule has 0 amide bonds. The van der Waals surface area contributed by atoms with Crippen molar-refractivity contribution in [3.8, 4) is 5.75 Å². The van der Waals surface area contributed by atoms with E-state index in [1.807, 2.05) is 30.3 Å². The van der Waals surface area contributed by atoms with Gasteiger partial charge in [-0.3, -0.25) is 5.43 Å². The summed E-state index contributed by atoms with van der Waals surface area (Å²) in [7, 11) is 1.63. The number of halogens is 2.